The van der Waals surface area contributed by atoms with E-state index in [2.05, 4.69) is 41.0 Å². The van der Waals surface area contributed by atoms with Crippen LogP contribution < -0.4 is 4.90 Å². The number of hydrogen-bond acceptors (Lipinski definition) is 3. The van der Waals surface area contributed by atoms with Crippen LogP contribution in [0.4, 0.5) is 5.69 Å². The second kappa shape index (κ2) is 8.31. The standard InChI is InChI=1S/C25H29Cl2N3O/c1-2-28-17-30(18-6-4-3-5-7-18)25(24(28)31)12-14-29(15-13-25)19-8-9-20-21(16-19)23(27)11-10-22(20)26/h3-7,10-11,19H,2,8-9,12-17H2,1H3. The maximum atomic E-state index is 13.5. The number of hydrogen-bond donors (Lipinski definition) is 0. The average molecular weight is 458 g/mol. The van der Waals surface area contributed by atoms with Gasteiger partial charge in [0, 0.05) is 41.4 Å². The van der Waals surface area contributed by atoms with E-state index in [4.69, 9.17) is 23.2 Å². The fourth-order valence-electron chi connectivity index (χ4n) is 5.79. The van der Waals surface area contributed by atoms with Crippen LogP contribution in [0.3, 0.4) is 0 Å². The second-order valence-electron chi connectivity index (χ2n) is 9.02. The summed E-state index contributed by atoms with van der Waals surface area (Å²) in [6, 6.07) is 14.7. The molecule has 6 heteroatoms. The number of carbonyl (C=O) groups excluding carboxylic acids is 1. The van der Waals surface area contributed by atoms with Crippen LogP contribution in [-0.2, 0) is 17.6 Å². The Morgan fingerprint density at radius 1 is 1.00 bits per heavy atom. The molecule has 0 radical (unpaired) electrons. The molecule has 2 aliphatic heterocycles. The van der Waals surface area contributed by atoms with Crippen molar-refractivity contribution in [2.45, 2.75) is 50.6 Å². The summed E-state index contributed by atoms with van der Waals surface area (Å²) in [5.41, 5.74) is 3.17. The summed E-state index contributed by atoms with van der Waals surface area (Å²) in [5.74, 6) is 0.294. The van der Waals surface area contributed by atoms with Crippen molar-refractivity contribution < 1.29 is 4.79 Å². The summed E-state index contributed by atoms with van der Waals surface area (Å²) in [5, 5.41) is 1.67. The Labute approximate surface area is 194 Å². The van der Waals surface area contributed by atoms with Crippen LogP contribution in [0.5, 0.6) is 0 Å². The number of benzene rings is 2. The molecule has 2 heterocycles. The first kappa shape index (κ1) is 21.1. The first-order chi connectivity index (χ1) is 15.0. The molecule has 0 saturated carbocycles. The topological polar surface area (TPSA) is 26.8 Å². The van der Waals surface area contributed by atoms with Gasteiger partial charge in [0.25, 0.3) is 0 Å². The molecule has 0 aromatic heterocycles. The van der Waals surface area contributed by atoms with Gasteiger partial charge in [-0.15, -0.1) is 0 Å². The summed E-state index contributed by atoms with van der Waals surface area (Å²) < 4.78 is 0. The van der Waals surface area contributed by atoms with Crippen molar-refractivity contribution in [2.75, 3.05) is 31.2 Å². The number of fused-ring (bicyclic) bond motifs is 1. The van der Waals surface area contributed by atoms with Crippen molar-refractivity contribution in [1.82, 2.24) is 9.80 Å². The van der Waals surface area contributed by atoms with Crippen molar-refractivity contribution in [1.29, 1.82) is 0 Å². The van der Waals surface area contributed by atoms with Crippen molar-refractivity contribution in [2.24, 2.45) is 0 Å². The number of carbonyl (C=O) groups is 1. The lowest BCUT2D eigenvalue weighted by Crippen LogP contribution is -2.58. The van der Waals surface area contributed by atoms with Crippen molar-refractivity contribution >= 4 is 34.8 Å². The quantitative estimate of drug-likeness (QED) is 0.647. The average Bonchev–Trinajstić information content (AvgIpc) is 3.08. The monoisotopic (exact) mass is 457 g/mol. The zero-order chi connectivity index (χ0) is 21.6. The predicted molar refractivity (Wildman–Crippen MR) is 127 cm³/mol. The maximum absolute atomic E-state index is 13.5. The van der Waals surface area contributed by atoms with Crippen molar-refractivity contribution in [3.8, 4) is 0 Å². The maximum Gasteiger partial charge on any atom is 0.250 e. The van der Waals surface area contributed by atoms with Crippen LogP contribution in [0, 0.1) is 0 Å². The third-order valence-corrected chi connectivity index (χ3v) is 8.30. The van der Waals surface area contributed by atoms with Crippen LogP contribution in [0.25, 0.3) is 0 Å². The van der Waals surface area contributed by atoms with E-state index < -0.39 is 5.54 Å². The number of nitrogens with zero attached hydrogens (tertiary/aromatic N) is 3. The predicted octanol–water partition coefficient (Wildman–Crippen LogP) is 5.01. The van der Waals surface area contributed by atoms with Gasteiger partial charge < -0.3 is 9.80 Å². The van der Waals surface area contributed by atoms with Crippen LogP contribution in [0.1, 0.15) is 37.3 Å². The second-order valence-corrected chi connectivity index (χ2v) is 9.83. The number of likely N-dealkylation sites (tertiary alicyclic amines) is 1. The molecule has 5 rings (SSSR count). The van der Waals surface area contributed by atoms with E-state index in [9.17, 15) is 4.79 Å². The van der Waals surface area contributed by atoms with E-state index >= 15 is 0 Å². The van der Waals surface area contributed by atoms with Gasteiger partial charge in [-0.2, -0.15) is 0 Å². The SMILES string of the molecule is CCN1CN(c2ccccc2)C2(CCN(C3CCc4c(Cl)ccc(Cl)c4C3)CC2)C1=O. The normalized spacial score (nSPS) is 23.5. The van der Waals surface area contributed by atoms with Gasteiger partial charge in [-0.1, -0.05) is 41.4 Å². The number of rotatable bonds is 3. The number of amides is 1. The highest BCUT2D eigenvalue weighted by Gasteiger charge is 2.53. The Morgan fingerprint density at radius 2 is 1.68 bits per heavy atom. The third kappa shape index (κ3) is 3.53. The number of para-hydroxylation sites is 1. The number of likely N-dealkylation sites (N-methyl/N-ethyl adjacent to an activating group) is 1. The zero-order valence-electron chi connectivity index (χ0n) is 18.0. The molecule has 0 N–H and O–H groups in total. The summed E-state index contributed by atoms with van der Waals surface area (Å²) >= 11 is 12.9. The van der Waals surface area contributed by atoms with E-state index in [1.807, 2.05) is 23.1 Å². The molecule has 4 nitrogen and oxygen atoms in total. The summed E-state index contributed by atoms with van der Waals surface area (Å²) in [7, 11) is 0. The van der Waals surface area contributed by atoms with Gasteiger partial charge in [0.15, 0.2) is 0 Å². The zero-order valence-corrected chi connectivity index (χ0v) is 19.5. The molecule has 1 spiro atoms. The Hall–Kier alpha value is -1.75. The lowest BCUT2D eigenvalue weighted by atomic mass is 9.82. The lowest BCUT2D eigenvalue weighted by Gasteiger charge is -2.46. The van der Waals surface area contributed by atoms with Crippen molar-refractivity contribution in [3.05, 3.63) is 63.6 Å². The van der Waals surface area contributed by atoms with E-state index in [-0.39, 0.29) is 0 Å². The first-order valence-electron chi connectivity index (χ1n) is 11.4. The van der Waals surface area contributed by atoms with Crippen molar-refractivity contribution in [3.63, 3.8) is 0 Å². The number of piperidine rings is 1. The molecule has 2 fully saturated rings. The lowest BCUT2D eigenvalue weighted by molar-refractivity contribution is -0.133. The Bertz CT molecular complexity index is 972. The van der Waals surface area contributed by atoms with E-state index in [0.29, 0.717) is 18.6 Å². The minimum absolute atomic E-state index is 0.294. The molecule has 2 aromatic rings. The smallest absolute Gasteiger partial charge is 0.250 e. The van der Waals surface area contributed by atoms with Gasteiger partial charge in [-0.05, 0) is 74.4 Å². The Balaban J connectivity index is 1.35. The summed E-state index contributed by atoms with van der Waals surface area (Å²) in [6.45, 7) is 5.38. The van der Waals surface area contributed by atoms with E-state index in [1.54, 1.807) is 0 Å². The molecule has 31 heavy (non-hydrogen) atoms. The van der Waals surface area contributed by atoms with E-state index in [1.165, 1.54) is 11.1 Å². The summed E-state index contributed by atoms with van der Waals surface area (Å²) in [4.78, 5) is 20.4. The minimum atomic E-state index is -0.415. The van der Waals surface area contributed by atoms with Gasteiger partial charge in [-0.3, -0.25) is 9.69 Å². The van der Waals surface area contributed by atoms with E-state index in [0.717, 1.165) is 67.5 Å². The Kier molecular flexibility index (Phi) is 5.66. The number of anilines is 1. The molecule has 3 aliphatic rings. The van der Waals surface area contributed by atoms with Gasteiger partial charge in [0.05, 0.1) is 6.67 Å². The first-order valence-corrected chi connectivity index (χ1v) is 12.1. The Morgan fingerprint density at radius 3 is 2.35 bits per heavy atom. The van der Waals surface area contributed by atoms with Gasteiger partial charge in [0.1, 0.15) is 5.54 Å². The molecule has 164 valence electrons. The highest BCUT2D eigenvalue weighted by atomic mass is 35.5. The largest absolute Gasteiger partial charge is 0.339 e. The molecule has 2 saturated heterocycles. The number of halogens is 2. The van der Waals surface area contributed by atoms with Gasteiger partial charge in [0.2, 0.25) is 5.91 Å². The van der Waals surface area contributed by atoms with Crippen LogP contribution in [0.15, 0.2) is 42.5 Å². The van der Waals surface area contributed by atoms with Crippen LogP contribution >= 0.6 is 23.2 Å². The van der Waals surface area contributed by atoms with Crippen LogP contribution in [0.2, 0.25) is 10.0 Å². The molecule has 1 aliphatic carbocycles. The molecule has 1 unspecified atom stereocenters. The highest BCUT2D eigenvalue weighted by molar-refractivity contribution is 6.34. The van der Waals surface area contributed by atoms with Gasteiger partial charge in [-0.25, -0.2) is 0 Å². The molecular formula is C25H29Cl2N3O. The molecular weight excluding hydrogens is 429 g/mol. The molecule has 1 atom stereocenters. The minimum Gasteiger partial charge on any atom is -0.339 e. The molecule has 2 aromatic carbocycles. The fourth-order valence-corrected chi connectivity index (χ4v) is 6.32. The summed E-state index contributed by atoms with van der Waals surface area (Å²) in [6.07, 6.45) is 4.74. The van der Waals surface area contributed by atoms with Crippen LogP contribution in [-0.4, -0.2) is 53.6 Å². The molecule has 1 amide bonds. The van der Waals surface area contributed by atoms with Gasteiger partial charge >= 0.3 is 0 Å². The fraction of sp³-hybridized carbons (Fsp3) is 0.480. The third-order valence-electron chi connectivity index (χ3n) is 7.59. The molecule has 0 bridgehead atoms. The highest BCUT2D eigenvalue weighted by Crippen LogP contribution is 2.41.